The normalized spacial score (nSPS) is 11.0. The molecule has 1 aromatic carbocycles. The van der Waals surface area contributed by atoms with E-state index in [1.807, 2.05) is 30.3 Å². The number of rotatable bonds is 27. The van der Waals surface area contributed by atoms with Crippen LogP contribution in [0.4, 0.5) is 4.79 Å². The maximum absolute atomic E-state index is 12.3. The number of nitrogens with one attached hydrogen (secondary N) is 3. The number of carbonyl (C=O) groups excluding carboxylic acids is 5. The minimum atomic E-state index is -0.524. The lowest BCUT2D eigenvalue weighted by Gasteiger charge is -2.16. The number of ketones is 2. The molecule has 0 unspecified atom stereocenters. The smallest absolute Gasteiger partial charge is 0.407 e. The summed E-state index contributed by atoms with van der Waals surface area (Å²) in [7, 11) is 0. The van der Waals surface area contributed by atoms with E-state index < -0.39 is 12.0 Å². The van der Waals surface area contributed by atoms with Gasteiger partial charge < -0.3 is 57.9 Å². The number of amides is 3. The fraction of sp³-hybridized carbons (Fsp3) is 0.656. The van der Waals surface area contributed by atoms with Crippen molar-refractivity contribution in [1.29, 1.82) is 0 Å². The van der Waals surface area contributed by atoms with Crippen LogP contribution in [0, 0.1) is 11.8 Å². The van der Waals surface area contributed by atoms with E-state index in [9.17, 15) is 24.0 Å². The Morgan fingerprint density at radius 2 is 1.24 bits per heavy atom. The standard InChI is InChI=1S/C20H29N5O5.C12H23N5O3.ClH/c1-16(26)14-18(19(27)22-10-12-29-13-11-24-25-21)8-5-9-23-20(28)30-15-17-6-3-2-4-7-17;1-10(18)9-11(3-2-4-13)12(19)15-5-7-20-8-6-16-17-14;/h2-4,6-7,18H,5,8-15H2,1H3,(H,22,27)(H,23,28);11H,2-9,13H2,1H3,(H,15,19);1H/t18-;11-;/m11./s1. The summed E-state index contributed by atoms with van der Waals surface area (Å²) in [4.78, 5) is 63.8. The number of nitrogens with zero attached hydrogens (tertiary/aromatic N) is 6. The van der Waals surface area contributed by atoms with E-state index in [4.69, 9.17) is 25.3 Å². The van der Waals surface area contributed by atoms with Gasteiger partial charge in [-0.15, -0.1) is 0 Å². The largest absolute Gasteiger partial charge is 1.00 e. The first-order valence-electron chi connectivity index (χ1n) is 16.6. The highest BCUT2D eigenvalue weighted by Gasteiger charge is 2.20. The first-order valence-corrected chi connectivity index (χ1v) is 16.6. The molecule has 19 heteroatoms. The van der Waals surface area contributed by atoms with Crippen LogP contribution < -0.4 is 34.1 Å². The number of hydrogen-bond donors (Lipinski definition) is 4. The number of hydrogen-bond acceptors (Lipinski definition) is 10. The van der Waals surface area contributed by atoms with Gasteiger partial charge in [0.05, 0.1) is 33.0 Å². The summed E-state index contributed by atoms with van der Waals surface area (Å²) in [6, 6.07) is 9.35. The molecule has 0 bridgehead atoms. The van der Waals surface area contributed by atoms with Gasteiger partial charge in [0.25, 0.3) is 0 Å². The SMILES string of the molecule is CC(=O)C[C@@H](CCCNC(=O)OCc1ccccc1)C(=O)NCCOCCN=[N+]=[N-].CC(=O)C[C@@H](CCC[NH3+])C(=O)NCCOCCN=[N+]=[N-].[Cl-]. The quantitative estimate of drug-likeness (QED) is 0.0404. The molecule has 286 valence electrons. The third-order valence-electron chi connectivity index (χ3n) is 6.71. The van der Waals surface area contributed by atoms with Crippen molar-refractivity contribution in [2.75, 3.05) is 65.7 Å². The monoisotopic (exact) mass is 740 g/mol. The molecule has 1 aromatic rings. The van der Waals surface area contributed by atoms with Gasteiger partial charge >= 0.3 is 6.09 Å². The van der Waals surface area contributed by atoms with Crippen LogP contribution >= 0.6 is 0 Å². The average molecular weight is 741 g/mol. The van der Waals surface area contributed by atoms with E-state index >= 15 is 0 Å². The van der Waals surface area contributed by atoms with Crippen LogP contribution in [0.2, 0.25) is 0 Å². The number of azide groups is 2. The highest BCUT2D eigenvalue weighted by molar-refractivity contribution is 5.86. The maximum Gasteiger partial charge on any atom is 0.407 e. The fourth-order valence-electron chi connectivity index (χ4n) is 4.34. The number of Topliss-reactive ketones (excluding diaryl/α,β-unsaturated/α-hetero) is 2. The number of halogens is 1. The van der Waals surface area contributed by atoms with Gasteiger partial charge in [0.2, 0.25) is 11.8 Å². The third kappa shape index (κ3) is 30.1. The number of carbonyl (C=O) groups is 5. The van der Waals surface area contributed by atoms with Gasteiger partial charge in [-0.3, -0.25) is 9.59 Å². The molecule has 2 atom stereocenters. The second-order valence-electron chi connectivity index (χ2n) is 11.0. The second kappa shape index (κ2) is 34.0. The first kappa shape index (κ1) is 48.7. The lowest BCUT2D eigenvalue weighted by molar-refractivity contribution is -0.368. The minimum absolute atomic E-state index is 0. The first-order chi connectivity index (χ1) is 24.1. The van der Waals surface area contributed by atoms with Gasteiger partial charge in [-0.2, -0.15) is 0 Å². The van der Waals surface area contributed by atoms with Crippen molar-refractivity contribution in [3.8, 4) is 0 Å². The number of alkyl carbamates (subject to hydrolysis) is 1. The van der Waals surface area contributed by atoms with Gasteiger partial charge in [0.15, 0.2) is 0 Å². The van der Waals surface area contributed by atoms with Crippen molar-refractivity contribution >= 4 is 29.5 Å². The van der Waals surface area contributed by atoms with Crippen LogP contribution in [-0.4, -0.2) is 95.2 Å². The van der Waals surface area contributed by atoms with Crippen LogP contribution in [0.15, 0.2) is 40.6 Å². The molecular formula is C32H53ClN10O8. The molecule has 1 rings (SSSR count). The lowest BCUT2D eigenvalue weighted by Crippen LogP contribution is -3.00. The Bertz CT molecular complexity index is 1230. The predicted molar refractivity (Wildman–Crippen MR) is 184 cm³/mol. The maximum atomic E-state index is 12.3. The summed E-state index contributed by atoms with van der Waals surface area (Å²) in [6.07, 6.45) is 2.38. The van der Waals surface area contributed by atoms with E-state index in [-0.39, 0.29) is 87.5 Å². The van der Waals surface area contributed by atoms with Gasteiger partial charge in [0.1, 0.15) is 18.2 Å². The number of quaternary nitrogens is 1. The zero-order chi connectivity index (χ0) is 37.2. The Hall–Kier alpha value is -4.44. The molecule has 18 nitrogen and oxygen atoms in total. The molecule has 51 heavy (non-hydrogen) atoms. The molecule has 0 radical (unpaired) electrons. The molecule has 3 amide bonds. The topological polar surface area (TPSA) is 274 Å². The molecule has 6 N–H and O–H groups in total. The summed E-state index contributed by atoms with van der Waals surface area (Å²) >= 11 is 0. The fourth-order valence-corrected chi connectivity index (χ4v) is 4.34. The van der Waals surface area contributed by atoms with Crippen LogP contribution in [-0.2, 0) is 40.0 Å². The van der Waals surface area contributed by atoms with Crippen LogP contribution in [0.3, 0.4) is 0 Å². The van der Waals surface area contributed by atoms with E-state index in [1.165, 1.54) is 13.8 Å². The van der Waals surface area contributed by atoms with E-state index in [0.717, 1.165) is 18.5 Å². The molecule has 0 aliphatic rings. The van der Waals surface area contributed by atoms with Crippen LogP contribution in [0.5, 0.6) is 0 Å². The van der Waals surface area contributed by atoms with Gasteiger partial charge in [0, 0.05) is 67.2 Å². The average Bonchev–Trinajstić information content (AvgIpc) is 3.09. The molecule has 0 saturated carbocycles. The molecule has 0 aliphatic carbocycles. The molecule has 0 fully saturated rings. The zero-order valence-corrected chi connectivity index (χ0v) is 30.4. The Kier molecular flexibility index (Phi) is 32.5. The number of benzene rings is 1. The Morgan fingerprint density at radius 1 is 0.745 bits per heavy atom. The molecule has 0 heterocycles. The Labute approximate surface area is 304 Å². The van der Waals surface area contributed by atoms with Crippen LogP contribution in [0.25, 0.3) is 20.9 Å². The van der Waals surface area contributed by atoms with Crippen LogP contribution in [0.1, 0.15) is 57.9 Å². The van der Waals surface area contributed by atoms with Gasteiger partial charge in [-0.1, -0.05) is 40.6 Å². The minimum Gasteiger partial charge on any atom is -1.00 e. The summed E-state index contributed by atoms with van der Waals surface area (Å²) in [5, 5.41) is 14.8. The van der Waals surface area contributed by atoms with Crippen molar-refractivity contribution in [2.45, 2.75) is 59.0 Å². The molecule has 0 aromatic heterocycles. The Balaban J connectivity index is 0. The van der Waals surface area contributed by atoms with E-state index in [1.54, 1.807) is 0 Å². The summed E-state index contributed by atoms with van der Waals surface area (Å²) in [5.41, 5.74) is 20.8. The second-order valence-corrected chi connectivity index (χ2v) is 11.0. The summed E-state index contributed by atoms with van der Waals surface area (Å²) < 4.78 is 15.5. The van der Waals surface area contributed by atoms with Gasteiger partial charge in [-0.05, 0) is 56.2 Å². The van der Waals surface area contributed by atoms with Crippen molar-refractivity contribution < 1.29 is 56.3 Å². The highest BCUT2D eigenvalue weighted by atomic mass is 35.5. The predicted octanol–water partition coefficient (Wildman–Crippen LogP) is -0.218. The highest BCUT2D eigenvalue weighted by Crippen LogP contribution is 2.13. The van der Waals surface area contributed by atoms with E-state index in [2.05, 4.69) is 41.7 Å². The van der Waals surface area contributed by atoms with Crippen molar-refractivity contribution in [1.82, 2.24) is 16.0 Å². The Morgan fingerprint density at radius 3 is 1.69 bits per heavy atom. The lowest BCUT2D eigenvalue weighted by atomic mass is 9.96. The zero-order valence-electron chi connectivity index (χ0n) is 29.6. The van der Waals surface area contributed by atoms with Crippen molar-refractivity contribution in [3.63, 3.8) is 0 Å². The molecule has 0 aliphatic heterocycles. The van der Waals surface area contributed by atoms with Crippen molar-refractivity contribution in [3.05, 3.63) is 56.8 Å². The molecular weight excluding hydrogens is 688 g/mol. The number of ether oxygens (including phenoxy) is 3. The molecule has 0 saturated heterocycles. The van der Waals surface area contributed by atoms with Crippen molar-refractivity contribution in [2.24, 2.45) is 22.1 Å². The molecule has 0 spiro atoms. The third-order valence-corrected chi connectivity index (χ3v) is 6.71. The van der Waals surface area contributed by atoms with Gasteiger partial charge in [-0.25, -0.2) is 4.79 Å². The summed E-state index contributed by atoms with van der Waals surface area (Å²) in [6.45, 7) is 6.67. The summed E-state index contributed by atoms with van der Waals surface area (Å²) in [5.74, 6) is -1.15. The van der Waals surface area contributed by atoms with E-state index in [0.29, 0.717) is 52.1 Å².